The number of hydrogen-bond donors (Lipinski definition) is 0. The molecule has 28 heavy (non-hydrogen) atoms. The predicted molar refractivity (Wildman–Crippen MR) is 91.2 cm³/mol. The Bertz CT molecular complexity index is 841. The normalized spacial score (nSPS) is 19.0. The summed E-state index contributed by atoms with van der Waals surface area (Å²) in [5.74, 6) is -9.35. The van der Waals surface area contributed by atoms with E-state index in [9.17, 15) is 31.9 Å². The number of nitrogens with zero attached hydrogens (tertiary/aromatic N) is 2. The Morgan fingerprint density at radius 2 is 1.82 bits per heavy atom. The molecule has 1 aliphatic heterocycles. The van der Waals surface area contributed by atoms with Crippen LogP contribution in [-0.4, -0.2) is 47.4 Å². The first kappa shape index (κ1) is 21.9. The van der Waals surface area contributed by atoms with Crippen molar-refractivity contribution < 1.29 is 36.7 Å². The number of likely N-dealkylation sites (N-methyl/N-ethyl adjacent to an activating group) is 1. The highest BCUT2D eigenvalue weighted by molar-refractivity contribution is 6.31. The van der Waals surface area contributed by atoms with Crippen molar-refractivity contribution in [1.82, 2.24) is 4.90 Å². The smallest absolute Gasteiger partial charge is 0.417 e. The molecule has 1 aromatic carbocycles. The number of ether oxygens (including phenoxy) is 1. The summed E-state index contributed by atoms with van der Waals surface area (Å²) >= 11 is 5.58. The molecular weight excluding hydrogens is 408 g/mol. The minimum absolute atomic E-state index is 0.0210. The van der Waals surface area contributed by atoms with Gasteiger partial charge in [0, 0.05) is 13.1 Å². The first-order chi connectivity index (χ1) is 12.7. The molecule has 0 spiro atoms. The number of anilines is 1. The van der Waals surface area contributed by atoms with E-state index < -0.39 is 64.2 Å². The number of benzene rings is 1. The minimum atomic E-state index is -3.99. The third-order valence-electron chi connectivity index (χ3n) is 3.85. The van der Waals surface area contributed by atoms with Crippen LogP contribution in [-0.2, 0) is 14.3 Å². The van der Waals surface area contributed by atoms with Gasteiger partial charge in [0.25, 0.3) is 0 Å². The van der Waals surface area contributed by atoms with Crippen LogP contribution >= 0.6 is 11.6 Å². The van der Waals surface area contributed by atoms with E-state index in [4.69, 9.17) is 16.3 Å². The largest absolute Gasteiger partial charge is 0.443 e. The predicted octanol–water partition coefficient (Wildman–Crippen LogP) is 3.75. The van der Waals surface area contributed by atoms with Crippen LogP contribution in [0.2, 0.25) is 5.02 Å². The van der Waals surface area contributed by atoms with E-state index in [-0.39, 0.29) is 4.90 Å². The van der Waals surface area contributed by atoms with Gasteiger partial charge in [0.2, 0.25) is 5.91 Å². The van der Waals surface area contributed by atoms with Crippen molar-refractivity contribution in [2.24, 2.45) is 0 Å². The van der Waals surface area contributed by atoms with Gasteiger partial charge in [-0.25, -0.2) is 18.5 Å². The van der Waals surface area contributed by atoms with Crippen LogP contribution in [0.25, 0.3) is 0 Å². The molecule has 0 aliphatic carbocycles. The molecule has 154 valence electrons. The summed E-state index contributed by atoms with van der Waals surface area (Å²) in [6, 6.07) is -0.733. The molecule has 6 nitrogen and oxygen atoms in total. The van der Waals surface area contributed by atoms with Crippen molar-refractivity contribution in [3.63, 3.8) is 0 Å². The molecule has 2 rings (SSSR count). The van der Waals surface area contributed by atoms with Crippen LogP contribution in [0, 0.1) is 11.6 Å². The van der Waals surface area contributed by atoms with Gasteiger partial charge in [-0.3, -0.25) is 9.59 Å². The standard InChI is InChI=1S/C17H17ClF4N2O4/c1-16(2,3)28-15(27)24-12(7-17(21,22)14(24)26)13(25)23(4)11-5-8(18)9(19)6-10(11)20/h5-6,12H,7H2,1-4H3/t12-/m0/s1. The fraction of sp³-hybridized carbons (Fsp3) is 0.471. The van der Waals surface area contributed by atoms with E-state index in [1.54, 1.807) is 0 Å². The van der Waals surface area contributed by atoms with E-state index >= 15 is 0 Å². The third kappa shape index (κ3) is 4.21. The van der Waals surface area contributed by atoms with E-state index in [1.165, 1.54) is 20.8 Å². The van der Waals surface area contributed by atoms with Gasteiger partial charge in [-0.1, -0.05) is 11.6 Å². The summed E-state index contributed by atoms with van der Waals surface area (Å²) in [6.07, 6.45) is -2.73. The number of amides is 3. The van der Waals surface area contributed by atoms with Crippen molar-refractivity contribution >= 4 is 35.2 Å². The van der Waals surface area contributed by atoms with Gasteiger partial charge >= 0.3 is 17.9 Å². The Labute approximate surface area is 163 Å². The molecule has 1 heterocycles. The molecule has 1 saturated heterocycles. The SMILES string of the molecule is CN(C(=O)[C@@H]1CC(F)(F)C(=O)N1C(=O)OC(C)(C)C)c1cc(Cl)c(F)cc1F. The van der Waals surface area contributed by atoms with Crippen LogP contribution in [0.15, 0.2) is 12.1 Å². The molecule has 0 aromatic heterocycles. The zero-order chi connectivity index (χ0) is 21.6. The second-order valence-electron chi connectivity index (χ2n) is 7.19. The fourth-order valence-corrected chi connectivity index (χ4v) is 2.73. The van der Waals surface area contributed by atoms with Gasteiger partial charge in [-0.2, -0.15) is 8.78 Å². The lowest BCUT2D eigenvalue weighted by atomic mass is 10.1. The summed E-state index contributed by atoms with van der Waals surface area (Å²) in [5, 5.41) is -0.507. The molecule has 1 aliphatic rings. The van der Waals surface area contributed by atoms with Crippen molar-refractivity contribution in [2.75, 3.05) is 11.9 Å². The van der Waals surface area contributed by atoms with E-state index in [0.29, 0.717) is 11.0 Å². The molecule has 1 aromatic rings. The van der Waals surface area contributed by atoms with Crippen LogP contribution in [0.1, 0.15) is 27.2 Å². The van der Waals surface area contributed by atoms with Crippen molar-refractivity contribution in [3.05, 3.63) is 28.8 Å². The van der Waals surface area contributed by atoms with E-state index in [1.807, 2.05) is 0 Å². The average molecular weight is 425 g/mol. The Morgan fingerprint density at radius 1 is 1.25 bits per heavy atom. The lowest BCUT2D eigenvalue weighted by Crippen LogP contribution is -2.50. The molecular formula is C17H17ClF4N2O4. The summed E-state index contributed by atoms with van der Waals surface area (Å²) < 4.78 is 60.1. The van der Waals surface area contributed by atoms with Crippen LogP contribution in [0.5, 0.6) is 0 Å². The quantitative estimate of drug-likeness (QED) is 0.535. The Hall–Kier alpha value is -2.36. The first-order valence-electron chi connectivity index (χ1n) is 8.02. The second-order valence-corrected chi connectivity index (χ2v) is 7.60. The zero-order valence-electron chi connectivity index (χ0n) is 15.4. The summed E-state index contributed by atoms with van der Waals surface area (Å²) in [4.78, 5) is 37.5. The molecule has 3 amide bonds. The summed E-state index contributed by atoms with van der Waals surface area (Å²) in [7, 11) is 1.02. The fourth-order valence-electron chi connectivity index (χ4n) is 2.57. The first-order valence-corrected chi connectivity index (χ1v) is 8.40. The van der Waals surface area contributed by atoms with Crippen LogP contribution in [0.3, 0.4) is 0 Å². The molecule has 0 unspecified atom stereocenters. The molecule has 0 saturated carbocycles. The average Bonchev–Trinajstić information content (AvgIpc) is 2.78. The van der Waals surface area contributed by atoms with Crippen LogP contribution in [0.4, 0.5) is 28.0 Å². The molecule has 0 bridgehead atoms. The van der Waals surface area contributed by atoms with Crippen LogP contribution < -0.4 is 4.90 Å². The number of likely N-dealkylation sites (tertiary alicyclic amines) is 1. The molecule has 11 heteroatoms. The second kappa shape index (κ2) is 7.23. The van der Waals surface area contributed by atoms with Gasteiger partial charge in [0.1, 0.15) is 23.3 Å². The summed E-state index contributed by atoms with van der Waals surface area (Å²) in [5.41, 5.74) is -1.63. The number of carbonyl (C=O) groups is 3. The third-order valence-corrected chi connectivity index (χ3v) is 4.14. The number of carbonyl (C=O) groups excluding carboxylic acids is 3. The zero-order valence-corrected chi connectivity index (χ0v) is 16.1. The van der Waals surface area contributed by atoms with Gasteiger partial charge in [0.15, 0.2) is 0 Å². The Morgan fingerprint density at radius 3 is 2.36 bits per heavy atom. The number of imide groups is 1. The number of hydrogen-bond acceptors (Lipinski definition) is 4. The van der Waals surface area contributed by atoms with Crippen molar-refractivity contribution in [2.45, 2.75) is 44.8 Å². The van der Waals surface area contributed by atoms with Crippen molar-refractivity contribution in [1.29, 1.82) is 0 Å². The maximum Gasteiger partial charge on any atom is 0.417 e. The molecule has 0 N–H and O–H groups in total. The number of alkyl halides is 2. The van der Waals surface area contributed by atoms with Gasteiger partial charge < -0.3 is 9.64 Å². The maximum absolute atomic E-state index is 14.0. The highest BCUT2D eigenvalue weighted by Crippen LogP contribution is 2.36. The number of halogens is 5. The molecule has 1 fully saturated rings. The minimum Gasteiger partial charge on any atom is -0.443 e. The summed E-state index contributed by atoms with van der Waals surface area (Å²) in [6.45, 7) is 4.34. The maximum atomic E-state index is 14.0. The van der Waals surface area contributed by atoms with Gasteiger partial charge in [-0.05, 0) is 26.8 Å². The number of rotatable bonds is 2. The van der Waals surface area contributed by atoms with Crippen molar-refractivity contribution in [3.8, 4) is 0 Å². The topological polar surface area (TPSA) is 66.9 Å². The van der Waals surface area contributed by atoms with Gasteiger partial charge in [0.05, 0.1) is 17.1 Å². The molecule has 1 atom stereocenters. The highest BCUT2D eigenvalue weighted by atomic mass is 35.5. The monoisotopic (exact) mass is 424 g/mol. The van der Waals surface area contributed by atoms with E-state index in [0.717, 1.165) is 13.1 Å². The van der Waals surface area contributed by atoms with E-state index in [2.05, 4.69) is 0 Å². The lowest BCUT2D eigenvalue weighted by molar-refractivity contribution is -0.147. The Kier molecular flexibility index (Phi) is 5.66. The highest BCUT2D eigenvalue weighted by Gasteiger charge is 2.59. The lowest BCUT2D eigenvalue weighted by Gasteiger charge is -2.28. The molecule has 0 radical (unpaired) electrons. The Balaban J connectivity index is 2.39. The van der Waals surface area contributed by atoms with Gasteiger partial charge in [-0.15, -0.1) is 0 Å².